The number of piperidine rings is 1. The molecule has 1 fully saturated rings. The third-order valence-corrected chi connectivity index (χ3v) is 5.42. The van der Waals surface area contributed by atoms with Gasteiger partial charge in [0.05, 0.1) is 5.69 Å². The third-order valence-electron chi connectivity index (χ3n) is 4.65. The van der Waals surface area contributed by atoms with Crippen molar-refractivity contribution in [2.45, 2.75) is 51.1 Å². The van der Waals surface area contributed by atoms with Crippen molar-refractivity contribution in [3.05, 3.63) is 23.5 Å². The minimum Gasteiger partial charge on any atom is -0.326 e. The summed E-state index contributed by atoms with van der Waals surface area (Å²) in [7, 11) is 0. The largest absolute Gasteiger partial charge is 0.326 e. The lowest BCUT2D eigenvalue weighted by Crippen LogP contribution is -2.58. The Hall–Kier alpha value is -0.910. The van der Waals surface area contributed by atoms with E-state index >= 15 is 0 Å². The van der Waals surface area contributed by atoms with Gasteiger partial charge in [-0.15, -0.1) is 11.3 Å². The van der Waals surface area contributed by atoms with E-state index in [9.17, 15) is 0 Å². The molecule has 4 nitrogen and oxygen atoms in total. The number of imidazole rings is 1. The fraction of sp³-hybridized carbons (Fsp3) is 0.667. The zero-order chi connectivity index (χ0) is 14.2. The molecule has 3 rings (SSSR count). The number of rotatable bonds is 4. The Morgan fingerprint density at radius 1 is 1.35 bits per heavy atom. The molecular formula is C15H24N4S. The van der Waals surface area contributed by atoms with Crippen molar-refractivity contribution in [1.82, 2.24) is 14.3 Å². The summed E-state index contributed by atoms with van der Waals surface area (Å²) in [5, 5.41) is 2.06. The average molecular weight is 292 g/mol. The predicted octanol–water partition coefficient (Wildman–Crippen LogP) is 2.53. The van der Waals surface area contributed by atoms with Crippen LogP contribution in [0.1, 0.15) is 38.8 Å². The third kappa shape index (κ3) is 2.62. The second kappa shape index (κ2) is 5.47. The number of hydrogen-bond acceptors (Lipinski definition) is 4. The van der Waals surface area contributed by atoms with Crippen LogP contribution in [0.15, 0.2) is 17.8 Å². The molecule has 20 heavy (non-hydrogen) atoms. The van der Waals surface area contributed by atoms with Crippen LogP contribution in [0.25, 0.3) is 4.96 Å². The summed E-state index contributed by atoms with van der Waals surface area (Å²) in [5.41, 5.74) is 7.66. The molecule has 2 aromatic heterocycles. The fourth-order valence-corrected chi connectivity index (χ4v) is 3.77. The van der Waals surface area contributed by atoms with E-state index in [1.165, 1.54) is 32.4 Å². The Balaban J connectivity index is 1.70. The molecule has 0 amide bonds. The van der Waals surface area contributed by atoms with E-state index in [1.54, 1.807) is 11.3 Å². The Morgan fingerprint density at radius 3 is 2.80 bits per heavy atom. The molecule has 0 bridgehead atoms. The first-order valence-corrected chi connectivity index (χ1v) is 8.37. The highest BCUT2D eigenvalue weighted by Gasteiger charge is 2.34. The summed E-state index contributed by atoms with van der Waals surface area (Å²) in [5.74, 6) is 0. The van der Waals surface area contributed by atoms with Gasteiger partial charge >= 0.3 is 0 Å². The highest BCUT2D eigenvalue weighted by molar-refractivity contribution is 7.15. The van der Waals surface area contributed by atoms with Crippen LogP contribution >= 0.6 is 11.3 Å². The molecule has 0 radical (unpaired) electrons. The van der Waals surface area contributed by atoms with E-state index < -0.39 is 0 Å². The smallest absolute Gasteiger partial charge is 0.193 e. The van der Waals surface area contributed by atoms with Crippen LogP contribution in [-0.4, -0.2) is 39.0 Å². The molecule has 2 N–H and O–H groups in total. The molecule has 0 saturated carbocycles. The van der Waals surface area contributed by atoms with Crippen molar-refractivity contribution in [1.29, 1.82) is 0 Å². The molecule has 0 spiro atoms. The number of fused-ring (bicyclic) bond motifs is 1. The van der Waals surface area contributed by atoms with Crippen LogP contribution in [0.5, 0.6) is 0 Å². The highest BCUT2D eigenvalue weighted by Crippen LogP contribution is 2.25. The van der Waals surface area contributed by atoms with Crippen LogP contribution in [0.3, 0.4) is 0 Å². The van der Waals surface area contributed by atoms with Crippen LogP contribution < -0.4 is 5.73 Å². The van der Waals surface area contributed by atoms with Gasteiger partial charge in [0.15, 0.2) is 4.96 Å². The summed E-state index contributed by atoms with van der Waals surface area (Å²) in [6.45, 7) is 6.92. The van der Waals surface area contributed by atoms with Crippen molar-refractivity contribution < 1.29 is 0 Å². The topological polar surface area (TPSA) is 46.6 Å². The van der Waals surface area contributed by atoms with Crippen LogP contribution in [-0.2, 0) is 6.42 Å². The SMILES string of the molecule is CC(C)(C(N)Cc1cn2ccsc2n1)N1CCCCC1. The molecule has 0 aliphatic carbocycles. The Kier molecular flexibility index (Phi) is 3.84. The van der Waals surface area contributed by atoms with Gasteiger partial charge < -0.3 is 5.73 Å². The molecule has 3 heterocycles. The molecule has 5 heteroatoms. The van der Waals surface area contributed by atoms with Gasteiger partial charge in [-0.25, -0.2) is 4.98 Å². The van der Waals surface area contributed by atoms with E-state index in [1.807, 2.05) is 0 Å². The maximum absolute atomic E-state index is 6.52. The van der Waals surface area contributed by atoms with Gasteiger partial charge in [0, 0.05) is 35.8 Å². The number of likely N-dealkylation sites (tertiary alicyclic amines) is 1. The molecule has 0 aromatic carbocycles. The number of hydrogen-bond donors (Lipinski definition) is 1. The van der Waals surface area contributed by atoms with Crippen LogP contribution in [0.4, 0.5) is 0 Å². The van der Waals surface area contributed by atoms with Gasteiger partial charge in [-0.2, -0.15) is 0 Å². The van der Waals surface area contributed by atoms with Gasteiger partial charge in [-0.05, 0) is 39.8 Å². The highest BCUT2D eigenvalue weighted by atomic mass is 32.1. The lowest BCUT2D eigenvalue weighted by Gasteiger charge is -2.44. The standard InChI is InChI=1S/C15H24N4S/c1-15(2,19-6-4-3-5-7-19)13(16)10-12-11-18-8-9-20-14(18)17-12/h8-9,11,13H,3-7,10,16H2,1-2H3. The summed E-state index contributed by atoms with van der Waals surface area (Å²) < 4.78 is 2.08. The number of thiazole rings is 1. The van der Waals surface area contributed by atoms with Gasteiger partial charge in [0.1, 0.15) is 0 Å². The normalized spacial score (nSPS) is 19.6. The molecule has 2 aromatic rings. The Morgan fingerprint density at radius 2 is 2.10 bits per heavy atom. The molecule has 110 valence electrons. The first kappa shape index (κ1) is 14.0. The second-order valence-corrected chi connectivity index (χ2v) is 7.21. The molecule has 1 aliphatic rings. The molecule has 1 aliphatic heterocycles. The van der Waals surface area contributed by atoms with Crippen molar-refractivity contribution in [2.75, 3.05) is 13.1 Å². The van der Waals surface area contributed by atoms with Crippen molar-refractivity contribution in [3.63, 3.8) is 0 Å². The lowest BCUT2D eigenvalue weighted by molar-refractivity contribution is 0.0729. The molecule has 1 atom stereocenters. The minimum absolute atomic E-state index is 0.0391. The monoisotopic (exact) mass is 292 g/mol. The van der Waals surface area contributed by atoms with E-state index in [4.69, 9.17) is 5.73 Å². The van der Waals surface area contributed by atoms with Gasteiger partial charge in [0.25, 0.3) is 0 Å². The van der Waals surface area contributed by atoms with E-state index in [0.29, 0.717) is 0 Å². The molecular weight excluding hydrogens is 268 g/mol. The number of nitrogens with zero attached hydrogens (tertiary/aromatic N) is 3. The van der Waals surface area contributed by atoms with Crippen molar-refractivity contribution in [3.8, 4) is 0 Å². The predicted molar refractivity (Wildman–Crippen MR) is 84.3 cm³/mol. The summed E-state index contributed by atoms with van der Waals surface area (Å²) >= 11 is 1.67. The molecule has 1 saturated heterocycles. The average Bonchev–Trinajstić information content (AvgIpc) is 3.00. The number of aromatic nitrogens is 2. The van der Waals surface area contributed by atoms with Crippen molar-refractivity contribution >= 4 is 16.3 Å². The summed E-state index contributed by atoms with van der Waals surface area (Å²) in [6.07, 6.45) is 8.97. The second-order valence-electron chi connectivity index (χ2n) is 6.34. The van der Waals surface area contributed by atoms with Crippen LogP contribution in [0, 0.1) is 0 Å². The quantitative estimate of drug-likeness (QED) is 0.942. The van der Waals surface area contributed by atoms with Gasteiger partial charge in [-0.3, -0.25) is 9.30 Å². The first-order chi connectivity index (χ1) is 9.57. The van der Waals surface area contributed by atoms with E-state index in [0.717, 1.165) is 17.1 Å². The van der Waals surface area contributed by atoms with Gasteiger partial charge in [0.2, 0.25) is 0 Å². The maximum Gasteiger partial charge on any atom is 0.193 e. The Bertz CT molecular complexity index is 537. The van der Waals surface area contributed by atoms with E-state index in [2.05, 4.69) is 45.9 Å². The zero-order valence-electron chi connectivity index (χ0n) is 12.4. The van der Waals surface area contributed by atoms with Gasteiger partial charge in [-0.1, -0.05) is 6.42 Å². The number of nitrogens with two attached hydrogens (primary N) is 1. The fourth-order valence-electron chi connectivity index (χ4n) is 3.05. The Labute approximate surface area is 124 Å². The van der Waals surface area contributed by atoms with Crippen LogP contribution in [0.2, 0.25) is 0 Å². The minimum atomic E-state index is 0.0391. The zero-order valence-corrected chi connectivity index (χ0v) is 13.2. The maximum atomic E-state index is 6.52. The molecule has 1 unspecified atom stereocenters. The van der Waals surface area contributed by atoms with E-state index in [-0.39, 0.29) is 11.6 Å². The lowest BCUT2D eigenvalue weighted by atomic mass is 9.88. The summed E-state index contributed by atoms with van der Waals surface area (Å²) in [4.78, 5) is 8.27. The first-order valence-electron chi connectivity index (χ1n) is 7.49. The van der Waals surface area contributed by atoms with Crippen molar-refractivity contribution in [2.24, 2.45) is 5.73 Å². The summed E-state index contributed by atoms with van der Waals surface area (Å²) in [6, 6.07) is 0.116.